The number of aldehydes is 1. The van der Waals surface area contributed by atoms with Crippen molar-refractivity contribution >= 4 is 66.3 Å². The molecule has 0 saturated heterocycles. The lowest BCUT2D eigenvalue weighted by Gasteiger charge is -2.12. The topological polar surface area (TPSA) is 115 Å². The summed E-state index contributed by atoms with van der Waals surface area (Å²) in [6.07, 6.45) is 2.25. The Morgan fingerprint density at radius 1 is 0.871 bits per heavy atom. The van der Waals surface area contributed by atoms with Gasteiger partial charge >= 0.3 is 0 Å². The van der Waals surface area contributed by atoms with Crippen LogP contribution in [0.15, 0.2) is 50.0 Å². The fourth-order valence-electron chi connectivity index (χ4n) is 1.25. The Morgan fingerprint density at radius 2 is 1.29 bits per heavy atom. The first-order valence-corrected chi connectivity index (χ1v) is 12.9. The molecular weight excluding hydrogens is 568 g/mol. The largest absolute Gasteiger partial charge is 0.296 e. The van der Waals surface area contributed by atoms with Crippen LogP contribution in [0.25, 0.3) is 0 Å². The molecule has 11 heteroatoms. The van der Waals surface area contributed by atoms with Crippen LogP contribution in [-0.2, 0) is 22.0 Å². The Hall–Kier alpha value is -1.14. The minimum atomic E-state index is -1.23. The van der Waals surface area contributed by atoms with E-state index < -0.39 is 22.0 Å². The molecule has 0 aliphatic heterocycles. The first-order chi connectivity index (χ1) is 14.2. The summed E-state index contributed by atoms with van der Waals surface area (Å²) in [5.74, 6) is 0. The molecule has 0 unspecified atom stereocenters. The first kappa shape index (κ1) is 29.9. The summed E-state index contributed by atoms with van der Waals surface area (Å²) < 4.78 is 26.8. The van der Waals surface area contributed by atoms with Crippen LogP contribution in [0.1, 0.15) is 57.7 Å². The number of pyridine rings is 2. The Kier molecular flexibility index (Phi) is 13.6. The predicted molar refractivity (Wildman–Crippen MR) is 137 cm³/mol. The zero-order valence-electron chi connectivity index (χ0n) is 18.3. The number of carbonyl (C=O) groups excluding carboxylic acids is 1. The summed E-state index contributed by atoms with van der Waals surface area (Å²) in [5, 5.41) is 5.04. The summed E-state index contributed by atoms with van der Waals surface area (Å²) in [5.41, 5.74) is 1.14. The first-order valence-electron chi connectivity index (χ1n) is 8.99. The lowest BCUT2D eigenvalue weighted by Crippen LogP contribution is -2.27. The third kappa shape index (κ3) is 14.5. The number of carbonyl (C=O) groups is 1. The number of nitrogens with zero attached hydrogens (tertiary/aromatic N) is 3. The highest BCUT2D eigenvalue weighted by Crippen LogP contribution is 2.12. The van der Waals surface area contributed by atoms with E-state index in [0.29, 0.717) is 22.3 Å². The quantitative estimate of drug-likeness (QED) is 0.311. The molecule has 0 radical (unpaired) electrons. The van der Waals surface area contributed by atoms with Gasteiger partial charge in [0.15, 0.2) is 6.29 Å². The van der Waals surface area contributed by atoms with Crippen molar-refractivity contribution in [3.05, 3.63) is 57.0 Å². The molecule has 172 valence electrons. The van der Waals surface area contributed by atoms with Gasteiger partial charge in [0, 0.05) is 0 Å². The second-order valence-electron chi connectivity index (χ2n) is 7.89. The number of hydrogen-bond acceptors (Lipinski definition) is 5. The number of nitrogens with two attached hydrogens (primary N) is 1. The van der Waals surface area contributed by atoms with Crippen molar-refractivity contribution in [2.45, 2.75) is 51.0 Å². The highest BCUT2D eigenvalue weighted by atomic mass is 79.9. The normalized spacial score (nSPS) is 13.3. The van der Waals surface area contributed by atoms with E-state index in [0.717, 1.165) is 4.60 Å². The molecule has 7 nitrogen and oxygen atoms in total. The molecule has 0 aliphatic carbocycles. The molecular formula is C20H28Br2N4O3S2. The zero-order chi connectivity index (χ0) is 24.2. The summed E-state index contributed by atoms with van der Waals surface area (Å²) in [6, 6.07) is 10.7. The van der Waals surface area contributed by atoms with Gasteiger partial charge in [0.25, 0.3) is 0 Å². The SMILES string of the molecule is CC(C)(C)[S@@](N)=O.CC(C)(C)[S@](=O)N=Cc1cccc(Br)n1.O=Cc1cccc(Br)n1. The van der Waals surface area contributed by atoms with E-state index in [9.17, 15) is 13.2 Å². The van der Waals surface area contributed by atoms with Crippen molar-refractivity contribution in [2.24, 2.45) is 9.54 Å². The molecule has 0 saturated carbocycles. The van der Waals surface area contributed by atoms with E-state index >= 15 is 0 Å². The van der Waals surface area contributed by atoms with Crippen LogP contribution in [0.5, 0.6) is 0 Å². The summed E-state index contributed by atoms with van der Waals surface area (Å²) in [6.45, 7) is 11.2. The van der Waals surface area contributed by atoms with Crippen LogP contribution >= 0.6 is 31.9 Å². The molecule has 0 spiro atoms. The van der Waals surface area contributed by atoms with Crippen LogP contribution in [0.3, 0.4) is 0 Å². The number of hydrogen-bond donors (Lipinski definition) is 1. The maximum absolute atomic E-state index is 11.6. The molecule has 0 aromatic carbocycles. The monoisotopic (exact) mass is 594 g/mol. The fourth-order valence-corrected chi connectivity index (χ4v) is 2.48. The molecule has 2 aromatic rings. The molecule has 2 N–H and O–H groups in total. The van der Waals surface area contributed by atoms with E-state index in [-0.39, 0.29) is 9.49 Å². The van der Waals surface area contributed by atoms with Crippen LogP contribution in [0.4, 0.5) is 0 Å². The lowest BCUT2D eigenvalue weighted by molar-refractivity contribution is 0.111. The van der Waals surface area contributed by atoms with Crippen molar-refractivity contribution in [1.82, 2.24) is 9.97 Å². The molecule has 2 aromatic heterocycles. The van der Waals surface area contributed by atoms with Crippen molar-refractivity contribution in [1.29, 1.82) is 0 Å². The smallest absolute Gasteiger partial charge is 0.168 e. The number of rotatable bonds is 3. The van der Waals surface area contributed by atoms with Crippen LogP contribution in [-0.4, -0.2) is 40.4 Å². The van der Waals surface area contributed by atoms with Crippen molar-refractivity contribution in [3.63, 3.8) is 0 Å². The fraction of sp³-hybridized carbons (Fsp3) is 0.400. The Morgan fingerprint density at radius 3 is 1.61 bits per heavy atom. The summed E-state index contributed by atoms with van der Waals surface area (Å²) in [7, 11) is -2.41. The van der Waals surface area contributed by atoms with Gasteiger partial charge in [-0.15, -0.1) is 0 Å². The minimum absolute atomic E-state index is 0.250. The Balaban J connectivity index is 0.000000479. The summed E-state index contributed by atoms with van der Waals surface area (Å²) in [4.78, 5) is 18.1. The van der Waals surface area contributed by atoms with Gasteiger partial charge in [-0.25, -0.2) is 18.4 Å². The number of halogens is 2. The Bertz CT molecular complexity index is 927. The van der Waals surface area contributed by atoms with Gasteiger partial charge < -0.3 is 0 Å². The second-order valence-corrected chi connectivity index (χ2v) is 13.3. The van der Waals surface area contributed by atoms with Crippen LogP contribution in [0.2, 0.25) is 0 Å². The molecule has 0 amide bonds. The van der Waals surface area contributed by atoms with E-state index in [1.807, 2.05) is 59.7 Å². The molecule has 2 atom stereocenters. The predicted octanol–water partition coefficient (Wildman–Crippen LogP) is 4.79. The van der Waals surface area contributed by atoms with E-state index in [1.54, 1.807) is 18.2 Å². The molecule has 0 fully saturated rings. The van der Waals surface area contributed by atoms with Crippen molar-refractivity contribution < 1.29 is 13.2 Å². The number of aromatic nitrogens is 2. The van der Waals surface area contributed by atoms with Crippen LogP contribution in [0, 0.1) is 0 Å². The third-order valence-corrected chi connectivity index (χ3v) is 6.44. The average Bonchev–Trinajstić information content (AvgIpc) is 2.65. The van der Waals surface area contributed by atoms with Gasteiger partial charge in [0.1, 0.15) is 25.9 Å². The van der Waals surface area contributed by atoms with Gasteiger partial charge in [-0.1, -0.05) is 12.1 Å². The minimum Gasteiger partial charge on any atom is -0.296 e. The van der Waals surface area contributed by atoms with Gasteiger partial charge in [0.05, 0.1) is 32.4 Å². The zero-order valence-corrected chi connectivity index (χ0v) is 23.1. The average molecular weight is 596 g/mol. The molecule has 0 aliphatic rings. The highest BCUT2D eigenvalue weighted by Gasteiger charge is 2.18. The van der Waals surface area contributed by atoms with Gasteiger partial charge in [-0.3, -0.25) is 9.93 Å². The van der Waals surface area contributed by atoms with Gasteiger partial charge in [-0.2, -0.15) is 4.40 Å². The Labute approximate surface area is 206 Å². The molecule has 2 heterocycles. The highest BCUT2D eigenvalue weighted by molar-refractivity contribution is 9.10. The van der Waals surface area contributed by atoms with E-state index in [1.165, 1.54) is 6.21 Å². The van der Waals surface area contributed by atoms with Crippen molar-refractivity contribution in [3.8, 4) is 0 Å². The van der Waals surface area contributed by atoms with Crippen molar-refractivity contribution in [2.75, 3.05) is 0 Å². The van der Waals surface area contributed by atoms with Crippen LogP contribution < -0.4 is 5.14 Å². The van der Waals surface area contributed by atoms with Gasteiger partial charge in [0.2, 0.25) is 0 Å². The summed E-state index contributed by atoms with van der Waals surface area (Å²) >= 11 is 6.39. The van der Waals surface area contributed by atoms with E-state index in [4.69, 9.17) is 5.14 Å². The molecule has 2 rings (SSSR count). The third-order valence-electron chi connectivity index (χ3n) is 3.00. The maximum Gasteiger partial charge on any atom is 0.168 e. The molecule has 0 bridgehead atoms. The van der Waals surface area contributed by atoms with E-state index in [2.05, 4.69) is 46.2 Å². The maximum atomic E-state index is 11.6. The lowest BCUT2D eigenvalue weighted by atomic mass is 10.3. The standard InChI is InChI=1S/C10H13BrN2OS.C6H4BrNO.C4H11NOS/c1-10(2,3)15(14)12-7-8-5-4-6-9(11)13-8;7-6-3-1-2-5(4-9)8-6;1-4(2,3)7(5)6/h4-7H,1-3H3;1-4H;5H2,1-3H3/t15-;;7-/m0.0/s1. The second kappa shape index (κ2) is 14.1. The van der Waals surface area contributed by atoms with Gasteiger partial charge in [-0.05, 0) is 97.7 Å². The molecule has 31 heavy (non-hydrogen) atoms.